The first-order valence-electron chi connectivity index (χ1n) is 11.0. The molecule has 0 unspecified atom stereocenters. The van der Waals surface area contributed by atoms with Gasteiger partial charge >= 0.3 is 6.18 Å². The van der Waals surface area contributed by atoms with Gasteiger partial charge in [-0.05, 0) is 48.4 Å². The quantitative estimate of drug-likeness (QED) is 0.373. The van der Waals surface area contributed by atoms with E-state index in [1.165, 1.54) is 12.1 Å². The molecule has 0 bridgehead atoms. The lowest BCUT2D eigenvalue weighted by Gasteiger charge is -2.40. The van der Waals surface area contributed by atoms with Gasteiger partial charge in [0.2, 0.25) is 5.91 Å². The molecule has 3 aromatic heterocycles. The van der Waals surface area contributed by atoms with Crippen LogP contribution in [0.4, 0.5) is 13.2 Å². The Bertz CT molecular complexity index is 1410. The predicted molar refractivity (Wildman–Crippen MR) is 126 cm³/mol. The van der Waals surface area contributed by atoms with Crippen molar-refractivity contribution in [2.45, 2.75) is 18.6 Å². The van der Waals surface area contributed by atoms with E-state index < -0.39 is 11.7 Å². The van der Waals surface area contributed by atoms with Gasteiger partial charge in [0.1, 0.15) is 12.4 Å². The van der Waals surface area contributed by atoms with Crippen LogP contribution in [0.5, 0.6) is 5.75 Å². The Hall–Kier alpha value is -4.14. The lowest BCUT2D eigenvalue weighted by Crippen LogP contribution is -2.53. The number of halogens is 3. The highest BCUT2D eigenvalue weighted by molar-refractivity contribution is 6.02. The molecule has 4 aromatic rings. The summed E-state index contributed by atoms with van der Waals surface area (Å²) in [4.78, 5) is 25.5. The number of carbonyl (C=O) groups excluding carboxylic acids is 1. The average molecular weight is 478 g/mol. The second-order valence-corrected chi connectivity index (χ2v) is 8.21. The number of aromatic nitrogens is 3. The second kappa shape index (κ2) is 8.90. The molecule has 1 aliphatic rings. The molecule has 1 aromatic carbocycles. The summed E-state index contributed by atoms with van der Waals surface area (Å²) in [5, 5.41) is 0. The van der Waals surface area contributed by atoms with Crippen molar-refractivity contribution in [1.82, 2.24) is 19.9 Å². The molecule has 5 rings (SSSR count). The van der Waals surface area contributed by atoms with Crippen LogP contribution in [0.2, 0.25) is 0 Å². The van der Waals surface area contributed by atoms with E-state index in [1.807, 2.05) is 6.07 Å². The highest BCUT2D eigenvalue weighted by Crippen LogP contribution is 2.42. The van der Waals surface area contributed by atoms with Crippen LogP contribution in [0.15, 0.2) is 73.7 Å². The number of alkyl halides is 3. The van der Waals surface area contributed by atoms with Gasteiger partial charge in [0.05, 0.1) is 34.5 Å². The van der Waals surface area contributed by atoms with Crippen LogP contribution in [0.25, 0.3) is 33.4 Å². The van der Waals surface area contributed by atoms with Crippen molar-refractivity contribution in [2.24, 2.45) is 0 Å². The number of hydrogen-bond acceptors (Lipinski definition) is 4. The molecule has 1 atom stereocenters. The molecule has 1 fully saturated rings. The van der Waals surface area contributed by atoms with E-state index in [1.54, 1.807) is 41.7 Å². The highest BCUT2D eigenvalue weighted by atomic mass is 19.4. The molecule has 0 saturated carbocycles. The Morgan fingerprint density at radius 2 is 2.09 bits per heavy atom. The first-order chi connectivity index (χ1) is 16.9. The van der Waals surface area contributed by atoms with Crippen LogP contribution in [0.3, 0.4) is 0 Å². The summed E-state index contributed by atoms with van der Waals surface area (Å²) in [6, 6.07) is 10.4. The molecule has 1 N–H and O–H groups in total. The molecule has 0 spiro atoms. The fourth-order valence-corrected chi connectivity index (χ4v) is 4.26. The highest BCUT2D eigenvalue weighted by Gasteiger charge is 2.32. The number of ether oxygens (including phenoxy) is 1. The Morgan fingerprint density at radius 3 is 2.83 bits per heavy atom. The standard InChI is InChI=1S/C26H21F3N4O2/c1-2-22(34)33-12-9-18(33)15-35-21-14-30-11-8-19(21)24-23(25-20(32-24)7-4-10-31-25)16-5-3-6-17(13-16)26(27,28)29/h2-8,10-11,13-14,18,32H,1,9,12,15H2/t18-/m1/s1. The Labute approximate surface area is 199 Å². The summed E-state index contributed by atoms with van der Waals surface area (Å²) in [6.07, 6.45) is 2.36. The van der Waals surface area contributed by atoms with Gasteiger partial charge in [-0.3, -0.25) is 14.8 Å². The van der Waals surface area contributed by atoms with Crippen molar-refractivity contribution in [3.8, 4) is 28.1 Å². The zero-order chi connectivity index (χ0) is 24.6. The lowest BCUT2D eigenvalue weighted by atomic mass is 9.98. The number of rotatable bonds is 6. The van der Waals surface area contributed by atoms with Gasteiger partial charge in [-0.25, -0.2) is 0 Å². The van der Waals surface area contributed by atoms with Crippen molar-refractivity contribution >= 4 is 16.9 Å². The summed E-state index contributed by atoms with van der Waals surface area (Å²) >= 11 is 0. The van der Waals surface area contributed by atoms with Gasteiger partial charge < -0.3 is 14.6 Å². The largest absolute Gasteiger partial charge is 0.489 e. The molecule has 1 aliphatic heterocycles. The number of nitrogens with zero attached hydrogens (tertiary/aromatic N) is 3. The number of benzene rings is 1. The van der Waals surface area contributed by atoms with Gasteiger partial charge in [0.15, 0.2) is 0 Å². The Balaban J connectivity index is 1.57. The number of nitrogens with one attached hydrogen (secondary N) is 1. The molecule has 1 saturated heterocycles. The van der Waals surface area contributed by atoms with E-state index in [0.717, 1.165) is 18.6 Å². The molecule has 4 heterocycles. The summed E-state index contributed by atoms with van der Waals surface area (Å²) < 4.78 is 46.4. The topological polar surface area (TPSA) is 71.1 Å². The maximum Gasteiger partial charge on any atom is 0.416 e. The van der Waals surface area contributed by atoms with Crippen molar-refractivity contribution in [1.29, 1.82) is 0 Å². The molecular formula is C26H21F3N4O2. The molecule has 0 aliphatic carbocycles. The third kappa shape index (κ3) is 4.25. The minimum absolute atomic E-state index is 0.0825. The van der Waals surface area contributed by atoms with Crippen molar-refractivity contribution in [3.05, 3.63) is 79.3 Å². The fraction of sp³-hybridized carbons (Fsp3) is 0.192. The van der Waals surface area contributed by atoms with Gasteiger partial charge in [-0.15, -0.1) is 0 Å². The third-order valence-corrected chi connectivity index (χ3v) is 6.12. The molecule has 0 radical (unpaired) electrons. The Kier molecular flexibility index (Phi) is 5.76. The SMILES string of the molecule is C=CC(=O)N1CC[C@@H]1COc1cnccc1-c1[nH]c2cccnc2c1-c1cccc(C(F)(F)F)c1. The van der Waals surface area contributed by atoms with Gasteiger partial charge in [-0.1, -0.05) is 18.7 Å². The minimum atomic E-state index is -4.47. The van der Waals surface area contributed by atoms with Crippen LogP contribution in [-0.2, 0) is 11.0 Å². The normalized spacial score (nSPS) is 15.6. The van der Waals surface area contributed by atoms with Crippen LogP contribution >= 0.6 is 0 Å². The molecular weight excluding hydrogens is 457 g/mol. The summed E-state index contributed by atoms with van der Waals surface area (Å²) in [5.41, 5.74) is 2.61. The van der Waals surface area contributed by atoms with E-state index in [2.05, 4.69) is 21.5 Å². The van der Waals surface area contributed by atoms with E-state index >= 15 is 0 Å². The van der Waals surface area contributed by atoms with Crippen molar-refractivity contribution < 1.29 is 22.7 Å². The summed E-state index contributed by atoms with van der Waals surface area (Å²) in [6.45, 7) is 4.43. The van der Waals surface area contributed by atoms with Crippen LogP contribution in [-0.4, -0.2) is 45.0 Å². The van der Waals surface area contributed by atoms with E-state index in [-0.39, 0.29) is 18.6 Å². The van der Waals surface area contributed by atoms with Crippen LogP contribution in [0, 0.1) is 0 Å². The fourth-order valence-electron chi connectivity index (χ4n) is 4.26. The molecule has 6 nitrogen and oxygen atoms in total. The van der Waals surface area contributed by atoms with Gasteiger partial charge in [0.25, 0.3) is 0 Å². The third-order valence-electron chi connectivity index (χ3n) is 6.12. The van der Waals surface area contributed by atoms with E-state index in [9.17, 15) is 18.0 Å². The zero-order valence-electron chi connectivity index (χ0n) is 18.5. The summed E-state index contributed by atoms with van der Waals surface area (Å²) in [7, 11) is 0. The molecule has 178 valence electrons. The molecule has 35 heavy (non-hydrogen) atoms. The number of carbonyl (C=O) groups is 1. The smallest absolute Gasteiger partial charge is 0.416 e. The maximum absolute atomic E-state index is 13.5. The minimum Gasteiger partial charge on any atom is -0.489 e. The molecule has 9 heteroatoms. The van der Waals surface area contributed by atoms with Crippen molar-refractivity contribution in [2.75, 3.05) is 13.2 Å². The Morgan fingerprint density at radius 1 is 1.23 bits per heavy atom. The number of aromatic amines is 1. The maximum atomic E-state index is 13.5. The van der Waals surface area contributed by atoms with E-state index in [4.69, 9.17) is 4.74 Å². The zero-order valence-corrected chi connectivity index (χ0v) is 18.5. The first kappa shape index (κ1) is 22.6. The predicted octanol–water partition coefficient (Wildman–Crippen LogP) is 5.48. The number of H-pyrrole nitrogens is 1. The van der Waals surface area contributed by atoms with Crippen LogP contribution in [0.1, 0.15) is 12.0 Å². The lowest BCUT2D eigenvalue weighted by molar-refractivity contribution is -0.137. The first-order valence-corrected chi connectivity index (χ1v) is 11.0. The molecule has 1 amide bonds. The van der Waals surface area contributed by atoms with Gasteiger partial charge in [-0.2, -0.15) is 13.2 Å². The van der Waals surface area contributed by atoms with Gasteiger partial charge in [0, 0.05) is 30.1 Å². The number of likely N-dealkylation sites (tertiary alicyclic amines) is 1. The van der Waals surface area contributed by atoms with Crippen molar-refractivity contribution in [3.63, 3.8) is 0 Å². The number of pyridine rings is 2. The number of fused-ring (bicyclic) bond motifs is 1. The number of amides is 1. The second-order valence-electron chi connectivity index (χ2n) is 8.21. The monoisotopic (exact) mass is 478 g/mol. The number of hydrogen-bond donors (Lipinski definition) is 1. The van der Waals surface area contributed by atoms with E-state index in [0.29, 0.717) is 45.7 Å². The van der Waals surface area contributed by atoms with Crippen LogP contribution < -0.4 is 4.74 Å². The average Bonchev–Trinajstić information content (AvgIpc) is 3.22. The summed E-state index contributed by atoms with van der Waals surface area (Å²) in [5.74, 6) is 0.301.